The number of rotatable bonds is 4. The van der Waals surface area contributed by atoms with Crippen molar-refractivity contribution in [1.82, 2.24) is 0 Å². The van der Waals surface area contributed by atoms with Gasteiger partial charge < -0.3 is 5.73 Å². The zero-order valence-electron chi connectivity index (χ0n) is 8.45. The molecule has 1 unspecified atom stereocenters. The van der Waals surface area contributed by atoms with Crippen molar-refractivity contribution in [3.8, 4) is 0 Å². The predicted molar refractivity (Wildman–Crippen MR) is 79.3 cm³/mol. The van der Waals surface area contributed by atoms with Gasteiger partial charge in [0.2, 0.25) is 0 Å². The molecular formula is C11H11Br2NS2. The summed E-state index contributed by atoms with van der Waals surface area (Å²) in [6, 6.07) is 6.46. The minimum atomic E-state index is 0.110. The highest BCUT2D eigenvalue weighted by atomic mass is 79.9. The molecule has 0 spiro atoms. The lowest BCUT2D eigenvalue weighted by atomic mass is 10.1. The fourth-order valence-corrected chi connectivity index (χ4v) is 5.24. The summed E-state index contributed by atoms with van der Waals surface area (Å²) in [5.41, 5.74) is 7.39. The van der Waals surface area contributed by atoms with Gasteiger partial charge in [-0.3, -0.25) is 0 Å². The summed E-state index contributed by atoms with van der Waals surface area (Å²) >= 11 is 10.5. The minimum Gasteiger partial charge on any atom is -0.324 e. The maximum Gasteiger partial charge on any atom is 0.0758 e. The Hall–Kier alpha value is 0.320. The molecule has 1 nitrogen and oxygen atoms in total. The quantitative estimate of drug-likeness (QED) is 0.796. The van der Waals surface area contributed by atoms with Crippen molar-refractivity contribution in [3.05, 3.63) is 41.6 Å². The standard InChI is InChI=1S/C11H11Br2NS2/c12-10-6-8(11(13)16-10)9(14)4-3-7-2-1-5-15-7/h1-2,5-6,9H,3-4,14H2. The van der Waals surface area contributed by atoms with Crippen LogP contribution < -0.4 is 5.73 Å². The monoisotopic (exact) mass is 379 g/mol. The summed E-state index contributed by atoms with van der Waals surface area (Å²) < 4.78 is 2.26. The van der Waals surface area contributed by atoms with Gasteiger partial charge in [-0.2, -0.15) is 0 Å². The lowest BCUT2D eigenvalue weighted by Gasteiger charge is -2.09. The molecule has 0 aliphatic carbocycles. The molecular weight excluding hydrogens is 370 g/mol. The maximum absolute atomic E-state index is 6.19. The van der Waals surface area contributed by atoms with E-state index >= 15 is 0 Å². The fraction of sp³-hybridized carbons (Fsp3) is 0.273. The number of aryl methyl sites for hydroxylation is 1. The number of hydrogen-bond donors (Lipinski definition) is 1. The average Bonchev–Trinajstić information content (AvgIpc) is 2.84. The average molecular weight is 381 g/mol. The summed E-state index contributed by atoms with van der Waals surface area (Å²) in [7, 11) is 0. The Morgan fingerprint density at radius 3 is 2.75 bits per heavy atom. The molecule has 86 valence electrons. The van der Waals surface area contributed by atoms with Gasteiger partial charge in [-0.15, -0.1) is 22.7 Å². The van der Waals surface area contributed by atoms with E-state index in [1.54, 1.807) is 22.7 Å². The molecule has 0 radical (unpaired) electrons. The lowest BCUT2D eigenvalue weighted by molar-refractivity contribution is 0.655. The SMILES string of the molecule is NC(CCc1cccs1)c1cc(Br)sc1Br. The van der Waals surface area contributed by atoms with E-state index in [0.717, 1.165) is 20.4 Å². The molecule has 1 atom stereocenters. The summed E-state index contributed by atoms with van der Waals surface area (Å²) in [6.45, 7) is 0. The van der Waals surface area contributed by atoms with Crippen LogP contribution in [0.5, 0.6) is 0 Å². The van der Waals surface area contributed by atoms with Gasteiger partial charge in [0.15, 0.2) is 0 Å². The Bertz CT molecular complexity index is 451. The predicted octanol–water partition coefficient (Wildman–Crippen LogP) is 4.97. The highest BCUT2D eigenvalue weighted by Gasteiger charge is 2.13. The van der Waals surface area contributed by atoms with Crippen LogP contribution in [0, 0.1) is 0 Å². The molecule has 2 aromatic rings. The molecule has 2 rings (SSSR count). The van der Waals surface area contributed by atoms with Crippen molar-refractivity contribution < 1.29 is 0 Å². The first kappa shape index (κ1) is 12.8. The molecule has 0 saturated heterocycles. The van der Waals surface area contributed by atoms with E-state index in [4.69, 9.17) is 5.73 Å². The second-order valence-corrected chi connectivity index (χ2v) is 8.29. The Balaban J connectivity index is 1.98. The summed E-state index contributed by atoms with van der Waals surface area (Å²) in [4.78, 5) is 1.40. The minimum absolute atomic E-state index is 0.110. The van der Waals surface area contributed by atoms with Crippen LogP contribution in [0.4, 0.5) is 0 Å². The van der Waals surface area contributed by atoms with E-state index in [0.29, 0.717) is 0 Å². The summed E-state index contributed by atoms with van der Waals surface area (Å²) in [5, 5.41) is 2.11. The van der Waals surface area contributed by atoms with Crippen LogP contribution in [0.15, 0.2) is 31.2 Å². The largest absolute Gasteiger partial charge is 0.324 e. The van der Waals surface area contributed by atoms with Crippen molar-refractivity contribution >= 4 is 54.5 Å². The smallest absolute Gasteiger partial charge is 0.0758 e. The van der Waals surface area contributed by atoms with Gasteiger partial charge in [-0.05, 0) is 67.8 Å². The Kier molecular flexibility index (Phi) is 4.61. The van der Waals surface area contributed by atoms with E-state index in [9.17, 15) is 0 Å². The molecule has 0 fully saturated rings. The third-order valence-electron chi connectivity index (χ3n) is 2.36. The molecule has 2 aromatic heterocycles. The molecule has 0 aromatic carbocycles. The third-order valence-corrected chi connectivity index (χ3v) is 5.69. The van der Waals surface area contributed by atoms with Crippen LogP contribution in [0.3, 0.4) is 0 Å². The first-order chi connectivity index (χ1) is 7.66. The molecule has 5 heteroatoms. The first-order valence-corrected chi connectivity index (χ1v) is 8.17. The van der Waals surface area contributed by atoms with Crippen molar-refractivity contribution in [2.75, 3.05) is 0 Å². The maximum atomic E-state index is 6.19. The fourth-order valence-electron chi connectivity index (χ4n) is 1.51. The second-order valence-electron chi connectivity index (χ2n) is 3.50. The summed E-state index contributed by atoms with van der Waals surface area (Å²) in [5.74, 6) is 0. The molecule has 0 bridgehead atoms. The molecule has 2 heterocycles. The Labute approximate surface area is 120 Å². The molecule has 0 saturated carbocycles. The third kappa shape index (κ3) is 3.17. The number of halogens is 2. The Morgan fingerprint density at radius 1 is 1.38 bits per heavy atom. The second kappa shape index (κ2) is 5.78. The van der Waals surface area contributed by atoms with E-state index in [-0.39, 0.29) is 6.04 Å². The molecule has 16 heavy (non-hydrogen) atoms. The molecule has 2 N–H and O–H groups in total. The van der Waals surface area contributed by atoms with Gasteiger partial charge in [0.1, 0.15) is 0 Å². The van der Waals surface area contributed by atoms with Crippen molar-refractivity contribution in [2.45, 2.75) is 18.9 Å². The molecule has 0 aliphatic heterocycles. The van der Waals surface area contributed by atoms with Crippen LogP contribution >= 0.6 is 54.5 Å². The van der Waals surface area contributed by atoms with Crippen LogP contribution in [-0.4, -0.2) is 0 Å². The number of thiophene rings is 2. The van der Waals surface area contributed by atoms with E-state index in [1.165, 1.54) is 10.4 Å². The first-order valence-electron chi connectivity index (χ1n) is 4.89. The van der Waals surface area contributed by atoms with Gasteiger partial charge in [-0.1, -0.05) is 6.07 Å². The van der Waals surface area contributed by atoms with Crippen molar-refractivity contribution in [1.29, 1.82) is 0 Å². The van der Waals surface area contributed by atoms with Crippen LogP contribution in [0.2, 0.25) is 0 Å². The normalized spacial score (nSPS) is 12.9. The van der Waals surface area contributed by atoms with Crippen LogP contribution in [0.25, 0.3) is 0 Å². The van der Waals surface area contributed by atoms with Gasteiger partial charge in [0, 0.05) is 10.9 Å². The highest BCUT2D eigenvalue weighted by molar-refractivity contribution is 9.12. The van der Waals surface area contributed by atoms with E-state index in [1.807, 2.05) is 0 Å². The Morgan fingerprint density at radius 2 is 2.19 bits per heavy atom. The van der Waals surface area contributed by atoms with Gasteiger partial charge in [0.25, 0.3) is 0 Å². The number of hydrogen-bond acceptors (Lipinski definition) is 3. The van der Waals surface area contributed by atoms with Crippen LogP contribution in [0.1, 0.15) is 22.9 Å². The topological polar surface area (TPSA) is 26.0 Å². The highest BCUT2D eigenvalue weighted by Crippen LogP contribution is 2.36. The van der Waals surface area contributed by atoms with Crippen molar-refractivity contribution in [2.24, 2.45) is 5.73 Å². The van der Waals surface area contributed by atoms with Crippen molar-refractivity contribution in [3.63, 3.8) is 0 Å². The number of nitrogens with two attached hydrogens (primary N) is 1. The molecule has 0 amide bonds. The van der Waals surface area contributed by atoms with E-state index < -0.39 is 0 Å². The van der Waals surface area contributed by atoms with Gasteiger partial charge >= 0.3 is 0 Å². The van der Waals surface area contributed by atoms with Crippen LogP contribution in [-0.2, 0) is 6.42 Å². The summed E-state index contributed by atoms with van der Waals surface area (Å²) in [6.07, 6.45) is 2.04. The zero-order valence-corrected chi connectivity index (χ0v) is 13.3. The van der Waals surface area contributed by atoms with Gasteiger partial charge in [-0.25, -0.2) is 0 Å². The van der Waals surface area contributed by atoms with E-state index in [2.05, 4.69) is 55.4 Å². The van der Waals surface area contributed by atoms with Gasteiger partial charge in [0.05, 0.1) is 7.57 Å². The molecule has 0 aliphatic rings. The lowest BCUT2D eigenvalue weighted by Crippen LogP contribution is -2.10. The zero-order chi connectivity index (χ0) is 11.5.